The minimum Gasteiger partial charge on any atom is -0.465 e. The number of anilines is 1. The average molecular weight is 521 g/mol. The van der Waals surface area contributed by atoms with Crippen LogP contribution in [-0.2, 0) is 20.9 Å². The molecular formula is C26H27F3N2O6. The smallest absolute Gasteiger partial charge is 0.465 e. The van der Waals surface area contributed by atoms with Crippen molar-refractivity contribution < 1.29 is 42.1 Å². The zero-order valence-corrected chi connectivity index (χ0v) is 20.1. The van der Waals surface area contributed by atoms with Gasteiger partial charge < -0.3 is 24.4 Å². The number of hydrogen-bond acceptors (Lipinski definition) is 6. The third kappa shape index (κ3) is 5.27. The van der Waals surface area contributed by atoms with Crippen LogP contribution in [0.1, 0.15) is 46.8 Å². The number of esters is 1. The fourth-order valence-corrected chi connectivity index (χ4v) is 5.29. The van der Waals surface area contributed by atoms with Crippen molar-refractivity contribution in [2.24, 2.45) is 5.92 Å². The van der Waals surface area contributed by atoms with Crippen LogP contribution in [0.15, 0.2) is 48.5 Å². The first-order valence-corrected chi connectivity index (χ1v) is 11.9. The number of hydrogen-bond donors (Lipinski definition) is 1. The summed E-state index contributed by atoms with van der Waals surface area (Å²) < 4.78 is 51.4. The van der Waals surface area contributed by atoms with E-state index in [-0.39, 0.29) is 49.4 Å². The molecule has 2 aliphatic heterocycles. The summed E-state index contributed by atoms with van der Waals surface area (Å²) in [4.78, 5) is 40.2. The first-order chi connectivity index (χ1) is 17.7. The Hall–Kier alpha value is -3.60. The largest absolute Gasteiger partial charge is 0.471 e. The van der Waals surface area contributed by atoms with Gasteiger partial charge in [-0.1, -0.05) is 30.3 Å². The molecule has 1 fully saturated rings. The Labute approximate surface area is 211 Å². The lowest BCUT2D eigenvalue weighted by atomic mass is 9.79. The molecular weight excluding hydrogens is 493 g/mol. The van der Waals surface area contributed by atoms with E-state index in [4.69, 9.17) is 9.47 Å². The number of aliphatic hydroxyl groups excluding tert-OH is 1. The predicted molar refractivity (Wildman–Crippen MR) is 126 cm³/mol. The number of alkyl halides is 3. The van der Waals surface area contributed by atoms with Crippen molar-refractivity contribution in [2.75, 3.05) is 25.2 Å². The molecule has 4 rings (SSSR count). The highest BCUT2D eigenvalue weighted by Crippen LogP contribution is 2.51. The predicted octanol–water partition coefficient (Wildman–Crippen LogP) is 4.22. The molecule has 3 atom stereocenters. The van der Waals surface area contributed by atoms with Crippen LogP contribution in [-0.4, -0.2) is 60.5 Å². The van der Waals surface area contributed by atoms with Crippen molar-refractivity contribution in [1.29, 1.82) is 0 Å². The average Bonchev–Trinajstić information content (AvgIpc) is 3.34. The number of rotatable bonds is 6. The Morgan fingerprint density at radius 3 is 2.49 bits per heavy atom. The number of benzene rings is 2. The summed E-state index contributed by atoms with van der Waals surface area (Å²) in [5.41, 5.74) is 1.05. The lowest BCUT2D eigenvalue weighted by molar-refractivity contribution is -0.171. The molecule has 1 saturated heterocycles. The lowest BCUT2D eigenvalue weighted by Gasteiger charge is -2.45. The number of methoxy groups -OCH3 is 1. The van der Waals surface area contributed by atoms with Crippen LogP contribution in [0.3, 0.4) is 0 Å². The molecule has 0 bridgehead atoms. The third-order valence-electron chi connectivity index (χ3n) is 6.86. The van der Waals surface area contributed by atoms with Crippen LogP contribution in [0.25, 0.3) is 0 Å². The molecule has 11 heteroatoms. The lowest BCUT2D eigenvalue weighted by Crippen LogP contribution is -2.54. The number of fused-ring (bicyclic) bond motifs is 3. The van der Waals surface area contributed by atoms with E-state index in [1.165, 1.54) is 30.2 Å². The van der Waals surface area contributed by atoms with Gasteiger partial charge in [0.15, 0.2) is 0 Å². The van der Waals surface area contributed by atoms with Gasteiger partial charge in [0.2, 0.25) is 0 Å². The van der Waals surface area contributed by atoms with Gasteiger partial charge in [-0.05, 0) is 48.6 Å². The van der Waals surface area contributed by atoms with Crippen molar-refractivity contribution in [3.05, 3.63) is 65.2 Å². The molecule has 0 aromatic heterocycles. The van der Waals surface area contributed by atoms with Crippen LogP contribution in [0.4, 0.5) is 23.7 Å². The summed E-state index contributed by atoms with van der Waals surface area (Å²) in [7, 11) is 1.18. The van der Waals surface area contributed by atoms with E-state index in [1.54, 1.807) is 24.3 Å². The highest BCUT2D eigenvalue weighted by Gasteiger charge is 2.54. The van der Waals surface area contributed by atoms with Gasteiger partial charge in [0.25, 0.3) is 0 Å². The minimum atomic E-state index is -5.14. The van der Waals surface area contributed by atoms with Crippen molar-refractivity contribution in [3.63, 3.8) is 0 Å². The maximum atomic E-state index is 13.7. The molecule has 0 unspecified atom stereocenters. The van der Waals surface area contributed by atoms with E-state index in [0.29, 0.717) is 11.3 Å². The van der Waals surface area contributed by atoms with Crippen LogP contribution in [0.5, 0.6) is 0 Å². The van der Waals surface area contributed by atoms with Gasteiger partial charge >= 0.3 is 24.1 Å². The first-order valence-electron chi connectivity index (χ1n) is 11.9. The number of carbonyl (C=O) groups is 3. The Bertz CT molecular complexity index is 1160. The molecule has 1 N–H and O–H groups in total. The monoisotopic (exact) mass is 520 g/mol. The number of ether oxygens (including phenoxy) is 2. The molecule has 0 saturated carbocycles. The summed E-state index contributed by atoms with van der Waals surface area (Å²) >= 11 is 0. The van der Waals surface area contributed by atoms with E-state index >= 15 is 0 Å². The second kappa shape index (κ2) is 10.8. The molecule has 8 nitrogen and oxygen atoms in total. The topological polar surface area (TPSA) is 96.4 Å². The summed E-state index contributed by atoms with van der Waals surface area (Å²) in [6, 6.07) is 11.3. The van der Waals surface area contributed by atoms with Crippen molar-refractivity contribution in [2.45, 2.75) is 44.1 Å². The van der Waals surface area contributed by atoms with Gasteiger partial charge in [0.1, 0.15) is 6.61 Å². The number of carbonyl (C=O) groups excluding carboxylic acids is 3. The third-order valence-corrected chi connectivity index (χ3v) is 6.86. The summed E-state index contributed by atoms with van der Waals surface area (Å²) in [5, 5.41) is 9.40. The zero-order valence-electron chi connectivity index (χ0n) is 20.1. The molecule has 2 heterocycles. The molecule has 0 radical (unpaired) electrons. The Kier molecular flexibility index (Phi) is 7.72. The fraction of sp³-hybridized carbons (Fsp3) is 0.423. The van der Waals surface area contributed by atoms with E-state index in [2.05, 4.69) is 0 Å². The second-order valence-corrected chi connectivity index (χ2v) is 9.00. The molecule has 198 valence electrons. The molecule has 37 heavy (non-hydrogen) atoms. The zero-order chi connectivity index (χ0) is 26.7. The summed E-state index contributed by atoms with van der Waals surface area (Å²) in [6.07, 6.45) is -5.21. The van der Waals surface area contributed by atoms with Crippen LogP contribution >= 0.6 is 0 Å². The van der Waals surface area contributed by atoms with Crippen LogP contribution < -0.4 is 4.90 Å². The second-order valence-electron chi connectivity index (χ2n) is 9.00. The van der Waals surface area contributed by atoms with Crippen molar-refractivity contribution in [3.8, 4) is 0 Å². The van der Waals surface area contributed by atoms with Crippen molar-refractivity contribution >= 4 is 23.7 Å². The van der Waals surface area contributed by atoms with Crippen LogP contribution in [0.2, 0.25) is 0 Å². The molecule has 0 aliphatic carbocycles. The fourth-order valence-electron chi connectivity index (χ4n) is 5.29. The van der Waals surface area contributed by atoms with Gasteiger partial charge in [-0.25, -0.2) is 9.59 Å². The van der Waals surface area contributed by atoms with E-state index in [0.717, 1.165) is 5.56 Å². The van der Waals surface area contributed by atoms with E-state index in [9.17, 15) is 32.7 Å². The number of nitrogens with zero attached hydrogens (tertiary/aromatic N) is 2. The molecule has 2 amide bonds. The number of aliphatic hydroxyl groups is 1. The molecule has 0 spiro atoms. The summed E-state index contributed by atoms with van der Waals surface area (Å²) in [5.74, 6) is -3.31. The molecule has 2 aromatic rings. The summed E-state index contributed by atoms with van der Waals surface area (Å²) in [6.45, 7) is -0.0668. The number of halogens is 3. The molecule has 2 aromatic carbocycles. The van der Waals surface area contributed by atoms with Crippen molar-refractivity contribution in [1.82, 2.24) is 4.90 Å². The quantitative estimate of drug-likeness (QED) is 0.573. The van der Waals surface area contributed by atoms with Gasteiger partial charge in [-0.3, -0.25) is 4.79 Å². The first kappa shape index (κ1) is 26.5. The van der Waals surface area contributed by atoms with Gasteiger partial charge in [0.05, 0.1) is 18.7 Å². The van der Waals surface area contributed by atoms with Gasteiger partial charge in [-0.15, -0.1) is 0 Å². The van der Waals surface area contributed by atoms with E-state index < -0.39 is 42.1 Å². The Morgan fingerprint density at radius 2 is 1.84 bits per heavy atom. The number of amides is 2. The Balaban J connectivity index is 1.76. The van der Waals surface area contributed by atoms with Gasteiger partial charge in [-0.2, -0.15) is 13.2 Å². The number of likely N-dealkylation sites (tertiary alicyclic amines) is 1. The normalized spacial score (nSPS) is 20.7. The Morgan fingerprint density at radius 1 is 1.11 bits per heavy atom. The van der Waals surface area contributed by atoms with E-state index in [1.807, 2.05) is 6.07 Å². The molecule has 2 aliphatic rings. The van der Waals surface area contributed by atoms with Crippen LogP contribution in [0, 0.1) is 5.92 Å². The maximum Gasteiger partial charge on any atom is 0.471 e. The maximum absolute atomic E-state index is 13.7. The minimum absolute atomic E-state index is 0.00917. The van der Waals surface area contributed by atoms with Gasteiger partial charge in [0, 0.05) is 30.8 Å². The standard InChI is InChI=1S/C26H27F3N2O6/c1-36-23(33)17-9-10-21-19(14-17)22-18(20(8-5-13-32)31(21)24(34)26(27,28)29)11-12-30(22)25(35)37-15-16-6-3-2-4-7-16/h2-4,6-7,9-10,14,18,20,22,32H,5,8,11-13,15H2,1H3/t18-,20-,22-/m0/s1. The SMILES string of the molecule is COC(=O)c1ccc2c(c1)[C@@H]1[C@@H](CCN1C(=O)OCc1ccccc1)[C@H](CCCO)N2C(=O)C(F)(F)F. The highest BCUT2D eigenvalue weighted by atomic mass is 19.4. The highest BCUT2D eigenvalue weighted by molar-refractivity contribution is 6.00.